The second-order valence-electron chi connectivity index (χ2n) is 6.80. The minimum Gasteiger partial charge on any atom is -0.326 e. The van der Waals surface area contributed by atoms with E-state index >= 15 is 0 Å². The molecular weight excluding hydrogens is 371 g/mol. The summed E-state index contributed by atoms with van der Waals surface area (Å²) in [7, 11) is 0. The zero-order valence-electron chi connectivity index (χ0n) is 15.0. The van der Waals surface area contributed by atoms with Crippen molar-refractivity contribution in [3.63, 3.8) is 0 Å². The predicted molar refractivity (Wildman–Crippen MR) is 98.8 cm³/mol. The van der Waals surface area contributed by atoms with Gasteiger partial charge in [0.1, 0.15) is 0 Å². The molecule has 2 N–H and O–H groups in total. The molecule has 0 saturated heterocycles. The molecule has 0 bridgehead atoms. The second kappa shape index (κ2) is 8.41. The molecule has 1 aromatic heterocycles. The first-order valence-electron chi connectivity index (χ1n) is 9.03. The number of carbonyl (C=O) groups is 2. The summed E-state index contributed by atoms with van der Waals surface area (Å²) in [5.41, 5.74) is 1.25. The molecule has 2 amide bonds. The highest BCUT2D eigenvalue weighted by Gasteiger charge is 2.48. The molecule has 2 aromatic rings. The van der Waals surface area contributed by atoms with E-state index in [-0.39, 0.29) is 18.7 Å². The van der Waals surface area contributed by atoms with Crippen LogP contribution in [0.2, 0.25) is 0 Å². The van der Waals surface area contributed by atoms with E-state index in [0.29, 0.717) is 29.8 Å². The van der Waals surface area contributed by atoms with Crippen LogP contribution in [0.15, 0.2) is 48.8 Å². The Morgan fingerprint density at radius 1 is 0.964 bits per heavy atom. The highest BCUT2D eigenvalue weighted by Crippen LogP contribution is 2.41. The van der Waals surface area contributed by atoms with Crippen molar-refractivity contribution >= 4 is 23.2 Å². The van der Waals surface area contributed by atoms with Crippen LogP contribution in [-0.4, -0.2) is 23.0 Å². The van der Waals surface area contributed by atoms with Crippen molar-refractivity contribution < 1.29 is 22.8 Å². The van der Waals surface area contributed by atoms with E-state index in [0.717, 1.165) is 0 Å². The number of nitrogens with zero attached hydrogens (tertiary/aromatic N) is 1. The maximum absolute atomic E-state index is 13.2. The molecule has 1 aliphatic carbocycles. The second-order valence-corrected chi connectivity index (χ2v) is 6.80. The topological polar surface area (TPSA) is 71.1 Å². The summed E-state index contributed by atoms with van der Waals surface area (Å²) in [5, 5.41) is 5.23. The van der Waals surface area contributed by atoms with E-state index in [1.165, 1.54) is 30.5 Å². The molecule has 1 aliphatic rings. The number of halogens is 3. The van der Waals surface area contributed by atoms with Crippen LogP contribution in [0.5, 0.6) is 0 Å². The minimum absolute atomic E-state index is 0.0188. The molecule has 3 rings (SSSR count). The Hall–Kier alpha value is -2.90. The number of hydrogen-bond donors (Lipinski definition) is 2. The molecule has 28 heavy (non-hydrogen) atoms. The Kier molecular flexibility index (Phi) is 5.96. The van der Waals surface area contributed by atoms with Crippen molar-refractivity contribution in [2.24, 2.45) is 11.8 Å². The Bertz CT molecular complexity index is 823. The summed E-state index contributed by atoms with van der Waals surface area (Å²) in [4.78, 5) is 28.5. The third kappa shape index (κ3) is 4.88. The summed E-state index contributed by atoms with van der Waals surface area (Å²) in [6, 6.07) is 9.39. The van der Waals surface area contributed by atoms with Gasteiger partial charge in [-0.2, -0.15) is 13.2 Å². The highest BCUT2D eigenvalue weighted by molar-refractivity contribution is 6.04. The van der Waals surface area contributed by atoms with Crippen LogP contribution >= 0.6 is 0 Å². The Labute approximate surface area is 160 Å². The number of rotatable bonds is 4. The average Bonchev–Trinajstić information content (AvgIpc) is 2.68. The minimum atomic E-state index is -4.38. The van der Waals surface area contributed by atoms with Gasteiger partial charge in [-0.05, 0) is 49.2 Å². The lowest BCUT2D eigenvalue weighted by atomic mass is 9.78. The quantitative estimate of drug-likeness (QED) is 0.798. The van der Waals surface area contributed by atoms with Crippen LogP contribution < -0.4 is 10.6 Å². The smallest absolute Gasteiger partial charge is 0.326 e. The molecule has 2 atom stereocenters. The number of nitrogens with one attached hydrogen (secondary N) is 2. The van der Waals surface area contributed by atoms with E-state index < -0.39 is 23.9 Å². The number of hydrogen-bond acceptors (Lipinski definition) is 3. The first-order chi connectivity index (χ1) is 13.3. The summed E-state index contributed by atoms with van der Waals surface area (Å²) < 4.78 is 39.5. The highest BCUT2D eigenvalue weighted by atomic mass is 19.4. The normalized spacial score (nSPS) is 19.7. The van der Waals surface area contributed by atoms with Crippen molar-refractivity contribution in [1.82, 2.24) is 4.98 Å². The van der Waals surface area contributed by atoms with Crippen LogP contribution in [0.25, 0.3) is 0 Å². The van der Waals surface area contributed by atoms with E-state index in [1.54, 1.807) is 18.3 Å². The Balaban J connectivity index is 1.63. The van der Waals surface area contributed by atoms with Crippen molar-refractivity contribution in [3.05, 3.63) is 54.4 Å². The van der Waals surface area contributed by atoms with Gasteiger partial charge >= 0.3 is 6.18 Å². The molecule has 1 fully saturated rings. The summed E-state index contributed by atoms with van der Waals surface area (Å²) in [6.45, 7) is 0. The van der Waals surface area contributed by atoms with Gasteiger partial charge in [-0.25, -0.2) is 0 Å². The maximum Gasteiger partial charge on any atom is 0.392 e. The van der Waals surface area contributed by atoms with Gasteiger partial charge < -0.3 is 10.6 Å². The molecule has 0 aliphatic heterocycles. The van der Waals surface area contributed by atoms with Crippen LogP contribution in [-0.2, 0) is 4.79 Å². The van der Waals surface area contributed by atoms with Crippen LogP contribution in [0.3, 0.4) is 0 Å². The van der Waals surface area contributed by atoms with Crippen LogP contribution in [0, 0.1) is 11.8 Å². The van der Waals surface area contributed by atoms with Crippen LogP contribution in [0.1, 0.15) is 36.0 Å². The van der Waals surface area contributed by atoms with Gasteiger partial charge in [-0.15, -0.1) is 0 Å². The van der Waals surface area contributed by atoms with Crippen molar-refractivity contribution in [2.75, 3.05) is 10.6 Å². The summed E-state index contributed by atoms with van der Waals surface area (Å²) in [6.07, 6.45) is 0.0106. The fraction of sp³-hybridized carbons (Fsp3) is 0.350. The van der Waals surface area contributed by atoms with E-state index in [4.69, 9.17) is 0 Å². The van der Waals surface area contributed by atoms with Crippen molar-refractivity contribution in [2.45, 2.75) is 31.9 Å². The molecule has 8 heteroatoms. The van der Waals surface area contributed by atoms with Gasteiger partial charge in [0.15, 0.2) is 0 Å². The number of alkyl halides is 3. The van der Waals surface area contributed by atoms with Gasteiger partial charge in [0.25, 0.3) is 5.91 Å². The van der Waals surface area contributed by atoms with Gasteiger partial charge in [0.05, 0.1) is 17.8 Å². The van der Waals surface area contributed by atoms with Gasteiger partial charge in [-0.1, -0.05) is 12.8 Å². The van der Waals surface area contributed by atoms with E-state index in [1.807, 2.05) is 0 Å². The third-order valence-corrected chi connectivity index (χ3v) is 4.86. The largest absolute Gasteiger partial charge is 0.392 e. The molecule has 0 spiro atoms. The van der Waals surface area contributed by atoms with Gasteiger partial charge in [0.2, 0.25) is 5.91 Å². The van der Waals surface area contributed by atoms with Gasteiger partial charge in [0, 0.05) is 23.4 Å². The molecule has 0 unspecified atom stereocenters. The predicted octanol–water partition coefficient (Wildman–Crippen LogP) is 4.64. The van der Waals surface area contributed by atoms with Gasteiger partial charge in [-0.3, -0.25) is 14.6 Å². The third-order valence-electron chi connectivity index (χ3n) is 4.86. The zero-order valence-corrected chi connectivity index (χ0v) is 15.0. The molecule has 0 radical (unpaired) electrons. The standard InChI is InChI=1S/C20H20F3N3O2/c21-20(22,23)17-6-2-1-5-16(17)19(28)25-14-9-7-13(8-10-14)18(27)26-15-4-3-11-24-12-15/h3-4,7-12,16-17H,1-2,5-6H2,(H,25,28)(H,26,27)/t16-,17-/m1/s1. The molecule has 5 nitrogen and oxygen atoms in total. The van der Waals surface area contributed by atoms with E-state index in [2.05, 4.69) is 15.6 Å². The van der Waals surface area contributed by atoms with Crippen molar-refractivity contribution in [3.8, 4) is 0 Å². The van der Waals surface area contributed by atoms with E-state index in [9.17, 15) is 22.8 Å². The SMILES string of the molecule is O=C(Nc1cccnc1)c1ccc(NC(=O)[C@@H]2CCCC[C@H]2C(F)(F)F)cc1. The fourth-order valence-electron chi connectivity index (χ4n) is 3.42. The molecule has 1 saturated carbocycles. The molecule has 1 aromatic carbocycles. The average molecular weight is 391 g/mol. The monoisotopic (exact) mass is 391 g/mol. The molecular formula is C20H20F3N3O2. The van der Waals surface area contributed by atoms with Crippen molar-refractivity contribution in [1.29, 1.82) is 0 Å². The maximum atomic E-state index is 13.2. The molecule has 1 heterocycles. The number of pyridine rings is 1. The number of anilines is 2. The first-order valence-corrected chi connectivity index (χ1v) is 9.03. The molecule has 148 valence electrons. The van der Waals surface area contributed by atoms with Crippen LogP contribution in [0.4, 0.5) is 24.5 Å². The lowest BCUT2D eigenvalue weighted by Crippen LogP contribution is -2.39. The number of aromatic nitrogens is 1. The number of amides is 2. The summed E-state index contributed by atoms with van der Waals surface area (Å²) in [5.74, 6) is -3.67. The lowest BCUT2D eigenvalue weighted by Gasteiger charge is -2.32. The fourth-order valence-corrected chi connectivity index (χ4v) is 3.42. The number of benzene rings is 1. The summed E-state index contributed by atoms with van der Waals surface area (Å²) >= 11 is 0. The lowest BCUT2D eigenvalue weighted by molar-refractivity contribution is -0.197. The Morgan fingerprint density at radius 2 is 1.68 bits per heavy atom. The zero-order chi connectivity index (χ0) is 20.1. The number of carbonyl (C=O) groups excluding carboxylic acids is 2. The Morgan fingerprint density at radius 3 is 2.32 bits per heavy atom. The first kappa shape index (κ1) is 19.9.